The van der Waals surface area contributed by atoms with Crippen molar-refractivity contribution in [1.29, 1.82) is 0 Å². The van der Waals surface area contributed by atoms with Crippen LogP contribution in [0.4, 0.5) is 0 Å². The Hall–Kier alpha value is -2.09. The molecule has 1 aliphatic rings. The lowest BCUT2D eigenvalue weighted by molar-refractivity contribution is -0.160. The van der Waals surface area contributed by atoms with Crippen molar-refractivity contribution in [3.63, 3.8) is 0 Å². The number of carbonyl (C=O) groups excluding carboxylic acids is 1. The summed E-state index contributed by atoms with van der Waals surface area (Å²) in [4.78, 5) is 27.8. The number of benzene rings is 2. The Kier molecular flexibility index (Phi) is 9.36. The quantitative estimate of drug-likeness (QED) is 0.359. The zero-order valence-electron chi connectivity index (χ0n) is 21.7. The minimum absolute atomic E-state index is 0.0151. The number of piperidine rings is 1. The Labute approximate surface area is 229 Å². The third kappa shape index (κ3) is 7.06. The van der Waals surface area contributed by atoms with Gasteiger partial charge >= 0.3 is 5.97 Å². The zero-order valence-corrected chi connectivity index (χ0v) is 24.0. The molecule has 37 heavy (non-hydrogen) atoms. The molecule has 3 rings (SSSR count). The van der Waals surface area contributed by atoms with Crippen molar-refractivity contribution < 1.29 is 23.1 Å². The SMILES string of the molecule is CCC(CS(=O)(=O)CC(C)C)N1C(=O)C(C)(CC(=O)O)CC(c2cccc(Cl)c2)C1c1ccc(Cl)cc1. The summed E-state index contributed by atoms with van der Waals surface area (Å²) in [5.41, 5.74) is 0.443. The highest BCUT2D eigenvalue weighted by atomic mass is 35.5. The number of nitrogens with zero attached hydrogens (tertiary/aromatic N) is 1. The van der Waals surface area contributed by atoms with E-state index in [9.17, 15) is 23.1 Å². The minimum atomic E-state index is -3.48. The first-order chi connectivity index (χ1) is 17.3. The average molecular weight is 569 g/mol. The number of sulfone groups is 1. The lowest BCUT2D eigenvalue weighted by Gasteiger charge is -2.51. The highest BCUT2D eigenvalue weighted by molar-refractivity contribution is 7.91. The first kappa shape index (κ1) is 29.5. The lowest BCUT2D eigenvalue weighted by atomic mass is 9.67. The van der Waals surface area contributed by atoms with E-state index in [0.29, 0.717) is 16.5 Å². The Morgan fingerprint density at radius 1 is 1.08 bits per heavy atom. The van der Waals surface area contributed by atoms with Crippen LogP contribution >= 0.6 is 23.2 Å². The van der Waals surface area contributed by atoms with Gasteiger partial charge in [-0.05, 0) is 54.2 Å². The van der Waals surface area contributed by atoms with E-state index in [4.69, 9.17) is 23.2 Å². The summed E-state index contributed by atoms with van der Waals surface area (Å²) < 4.78 is 26.2. The standard InChI is InChI=1S/C28H35Cl2NO5S/c1-5-23(17-37(35,36)16-18(2)3)31-26(19-9-11-21(29)12-10-19)24(20-7-6-8-22(30)13-20)14-28(4,27(31)34)15-25(32)33/h6-13,18,23-24,26H,5,14-17H2,1-4H3,(H,32,33). The summed E-state index contributed by atoms with van der Waals surface area (Å²) in [6.07, 6.45) is 0.317. The van der Waals surface area contributed by atoms with Gasteiger partial charge in [0.15, 0.2) is 9.84 Å². The van der Waals surface area contributed by atoms with Gasteiger partial charge < -0.3 is 10.0 Å². The van der Waals surface area contributed by atoms with E-state index in [2.05, 4.69) is 0 Å². The van der Waals surface area contributed by atoms with E-state index in [-0.39, 0.29) is 42.1 Å². The summed E-state index contributed by atoms with van der Waals surface area (Å²) in [7, 11) is -3.48. The molecule has 0 radical (unpaired) electrons. The van der Waals surface area contributed by atoms with Crippen LogP contribution in [0.2, 0.25) is 10.0 Å². The maximum atomic E-state index is 14.2. The number of amides is 1. The molecule has 4 unspecified atom stereocenters. The second-order valence-corrected chi connectivity index (χ2v) is 13.8. The second kappa shape index (κ2) is 11.7. The maximum absolute atomic E-state index is 14.2. The molecule has 202 valence electrons. The molecule has 4 atom stereocenters. The maximum Gasteiger partial charge on any atom is 0.304 e. The van der Waals surface area contributed by atoms with Crippen LogP contribution in [0.5, 0.6) is 0 Å². The third-order valence-electron chi connectivity index (χ3n) is 7.03. The van der Waals surface area contributed by atoms with E-state index >= 15 is 0 Å². The number of aliphatic carboxylic acids is 1. The predicted octanol–water partition coefficient (Wildman–Crippen LogP) is 6.38. The molecule has 1 heterocycles. The molecule has 0 bridgehead atoms. The van der Waals surface area contributed by atoms with Gasteiger partial charge in [-0.3, -0.25) is 9.59 Å². The number of carbonyl (C=O) groups is 2. The number of hydrogen-bond donors (Lipinski definition) is 1. The Balaban J connectivity index is 2.23. The topological polar surface area (TPSA) is 91.8 Å². The van der Waals surface area contributed by atoms with Crippen molar-refractivity contribution in [3.05, 3.63) is 69.7 Å². The fraction of sp³-hybridized carbons (Fsp3) is 0.500. The van der Waals surface area contributed by atoms with E-state index in [0.717, 1.165) is 11.1 Å². The van der Waals surface area contributed by atoms with Crippen molar-refractivity contribution in [3.8, 4) is 0 Å². The normalized spacial score (nSPS) is 23.3. The molecule has 0 aliphatic carbocycles. The van der Waals surface area contributed by atoms with Crippen molar-refractivity contribution in [1.82, 2.24) is 4.90 Å². The minimum Gasteiger partial charge on any atom is -0.481 e. The highest BCUT2D eigenvalue weighted by Crippen LogP contribution is 2.52. The van der Waals surface area contributed by atoms with Crippen LogP contribution < -0.4 is 0 Å². The number of hydrogen-bond acceptors (Lipinski definition) is 4. The number of carboxylic acid groups (broad SMARTS) is 1. The molecular formula is C28H35Cl2NO5S. The summed E-state index contributed by atoms with van der Waals surface area (Å²) in [6.45, 7) is 7.22. The van der Waals surface area contributed by atoms with Crippen molar-refractivity contribution in [2.24, 2.45) is 11.3 Å². The van der Waals surface area contributed by atoms with Gasteiger partial charge in [0.2, 0.25) is 5.91 Å². The largest absolute Gasteiger partial charge is 0.481 e. The highest BCUT2D eigenvalue weighted by Gasteiger charge is 2.52. The van der Waals surface area contributed by atoms with Gasteiger partial charge in [-0.25, -0.2) is 8.42 Å². The molecule has 0 saturated carbocycles. The lowest BCUT2D eigenvalue weighted by Crippen LogP contribution is -2.57. The molecule has 9 heteroatoms. The summed E-state index contributed by atoms with van der Waals surface area (Å²) in [5, 5.41) is 10.8. The van der Waals surface area contributed by atoms with Crippen LogP contribution in [0.1, 0.15) is 70.0 Å². The van der Waals surface area contributed by atoms with Gasteiger partial charge in [-0.2, -0.15) is 0 Å². The molecule has 1 aliphatic heterocycles. The number of rotatable bonds is 10. The van der Waals surface area contributed by atoms with E-state index < -0.39 is 33.3 Å². The number of likely N-dealkylation sites (tertiary alicyclic amines) is 1. The fourth-order valence-electron chi connectivity index (χ4n) is 5.54. The van der Waals surface area contributed by atoms with Gasteiger partial charge in [0, 0.05) is 22.0 Å². The molecule has 0 spiro atoms. The van der Waals surface area contributed by atoms with Gasteiger partial charge in [0.1, 0.15) is 0 Å². The zero-order chi connectivity index (χ0) is 27.5. The van der Waals surface area contributed by atoms with Crippen LogP contribution in [-0.4, -0.2) is 47.8 Å². The van der Waals surface area contributed by atoms with Crippen LogP contribution in [0.25, 0.3) is 0 Å². The fourth-order valence-corrected chi connectivity index (χ4v) is 8.00. The van der Waals surface area contributed by atoms with E-state index in [1.807, 2.05) is 51.1 Å². The van der Waals surface area contributed by atoms with Crippen molar-refractivity contribution in [2.45, 2.75) is 65.0 Å². The Bertz CT molecular complexity index is 1230. The monoisotopic (exact) mass is 567 g/mol. The molecular weight excluding hydrogens is 533 g/mol. The molecule has 1 amide bonds. The molecule has 1 N–H and O–H groups in total. The van der Waals surface area contributed by atoms with Gasteiger partial charge in [0.05, 0.1) is 29.4 Å². The first-order valence-electron chi connectivity index (χ1n) is 12.5. The first-order valence-corrected chi connectivity index (χ1v) is 15.1. The number of halogens is 2. The van der Waals surface area contributed by atoms with Crippen molar-refractivity contribution in [2.75, 3.05) is 11.5 Å². The Morgan fingerprint density at radius 3 is 2.27 bits per heavy atom. The van der Waals surface area contributed by atoms with Crippen LogP contribution in [0.15, 0.2) is 48.5 Å². The van der Waals surface area contributed by atoms with Gasteiger partial charge in [0.25, 0.3) is 0 Å². The molecule has 2 aromatic rings. The Morgan fingerprint density at radius 2 is 1.73 bits per heavy atom. The summed E-state index contributed by atoms with van der Waals surface area (Å²) in [6, 6.07) is 13.4. The molecule has 1 saturated heterocycles. The molecule has 0 aromatic heterocycles. The van der Waals surface area contributed by atoms with Gasteiger partial charge in [-0.15, -0.1) is 0 Å². The predicted molar refractivity (Wildman–Crippen MR) is 148 cm³/mol. The summed E-state index contributed by atoms with van der Waals surface area (Å²) in [5.74, 6) is -1.97. The van der Waals surface area contributed by atoms with Gasteiger partial charge in [-0.1, -0.05) is 75.2 Å². The smallest absolute Gasteiger partial charge is 0.304 e. The van der Waals surface area contributed by atoms with E-state index in [1.165, 1.54) is 0 Å². The number of carboxylic acids is 1. The van der Waals surface area contributed by atoms with Crippen LogP contribution in [-0.2, 0) is 19.4 Å². The third-order valence-corrected chi connectivity index (χ3v) is 9.58. The average Bonchev–Trinajstić information content (AvgIpc) is 2.78. The van der Waals surface area contributed by atoms with Crippen molar-refractivity contribution >= 4 is 44.9 Å². The second-order valence-electron chi connectivity index (χ2n) is 10.7. The molecule has 1 fully saturated rings. The van der Waals surface area contributed by atoms with Crippen LogP contribution in [0.3, 0.4) is 0 Å². The van der Waals surface area contributed by atoms with Crippen LogP contribution in [0, 0.1) is 11.3 Å². The molecule has 6 nitrogen and oxygen atoms in total. The molecule has 2 aromatic carbocycles. The van der Waals surface area contributed by atoms with E-state index in [1.54, 1.807) is 30.0 Å². The summed E-state index contributed by atoms with van der Waals surface area (Å²) >= 11 is 12.5.